The van der Waals surface area contributed by atoms with E-state index in [0.29, 0.717) is 12.4 Å². The van der Waals surface area contributed by atoms with Crippen LogP contribution in [0.2, 0.25) is 0 Å². The fraction of sp³-hybridized carbons (Fsp3) is 0.714. The van der Waals surface area contributed by atoms with E-state index in [1.165, 1.54) is 0 Å². The number of H-pyrrole nitrogens is 2. The van der Waals surface area contributed by atoms with Gasteiger partial charge < -0.3 is 4.74 Å². The number of aromatic nitrogens is 3. The number of rotatable bonds is 3. The van der Waals surface area contributed by atoms with Crippen molar-refractivity contribution in [2.24, 2.45) is 0 Å². The topological polar surface area (TPSA) is 70.8 Å². The minimum atomic E-state index is -0.283. The number of nitrogens with one attached hydrogen (secondary N) is 2. The van der Waals surface area contributed by atoms with Crippen molar-refractivity contribution in [3.8, 4) is 0 Å². The minimum absolute atomic E-state index is 0.256. The first-order chi connectivity index (χ1) is 5.56. The van der Waals surface area contributed by atoms with E-state index >= 15 is 0 Å². The summed E-state index contributed by atoms with van der Waals surface area (Å²) >= 11 is 0. The number of nitrogens with zero attached hydrogens (tertiary/aromatic N) is 1. The highest BCUT2D eigenvalue weighted by Crippen LogP contribution is 2.17. The molecule has 12 heavy (non-hydrogen) atoms. The predicted molar refractivity (Wildman–Crippen MR) is 44.1 cm³/mol. The third-order valence-corrected chi connectivity index (χ3v) is 1.65. The molecule has 1 aromatic rings. The standard InChI is InChI=1S/C7H13N3O2/c1-7(2,4-12-3)5-8-6(11)10-9-5/h4H2,1-3H3,(H2,8,9,10,11). The van der Waals surface area contributed by atoms with E-state index < -0.39 is 0 Å². The van der Waals surface area contributed by atoms with Gasteiger partial charge in [-0.2, -0.15) is 5.10 Å². The van der Waals surface area contributed by atoms with Crippen LogP contribution < -0.4 is 5.69 Å². The molecule has 5 heteroatoms. The fourth-order valence-electron chi connectivity index (χ4n) is 1.02. The minimum Gasteiger partial charge on any atom is -0.384 e. The van der Waals surface area contributed by atoms with Crippen LogP contribution in [0, 0.1) is 0 Å². The fourth-order valence-corrected chi connectivity index (χ4v) is 1.02. The molecule has 0 amide bonds. The molecule has 0 saturated carbocycles. The van der Waals surface area contributed by atoms with Gasteiger partial charge in [0.05, 0.1) is 6.61 Å². The maximum atomic E-state index is 10.7. The van der Waals surface area contributed by atoms with Crippen LogP contribution in [-0.2, 0) is 10.2 Å². The Kier molecular flexibility index (Phi) is 2.32. The van der Waals surface area contributed by atoms with Crippen LogP contribution in [-0.4, -0.2) is 28.9 Å². The van der Waals surface area contributed by atoms with Gasteiger partial charge in [0.25, 0.3) is 0 Å². The smallest absolute Gasteiger partial charge is 0.340 e. The Hall–Kier alpha value is -1.10. The highest BCUT2D eigenvalue weighted by Gasteiger charge is 2.23. The Morgan fingerprint density at radius 2 is 2.25 bits per heavy atom. The second kappa shape index (κ2) is 3.10. The van der Waals surface area contributed by atoms with Gasteiger partial charge in [-0.05, 0) is 0 Å². The van der Waals surface area contributed by atoms with E-state index in [1.54, 1.807) is 7.11 Å². The SMILES string of the molecule is COCC(C)(C)c1n[nH]c(=O)[nH]1. The zero-order chi connectivity index (χ0) is 9.19. The molecule has 0 aliphatic carbocycles. The molecule has 1 rings (SSSR count). The van der Waals surface area contributed by atoms with Gasteiger partial charge in [0, 0.05) is 12.5 Å². The molecule has 5 nitrogen and oxygen atoms in total. The van der Waals surface area contributed by atoms with Crippen LogP contribution in [0.1, 0.15) is 19.7 Å². The maximum absolute atomic E-state index is 10.7. The normalized spacial score (nSPS) is 11.9. The second-order valence-corrected chi connectivity index (χ2v) is 3.34. The van der Waals surface area contributed by atoms with Crippen molar-refractivity contribution < 1.29 is 4.74 Å². The number of hydrogen-bond donors (Lipinski definition) is 2. The summed E-state index contributed by atoms with van der Waals surface area (Å²) in [6.45, 7) is 4.42. The van der Waals surface area contributed by atoms with Crippen molar-refractivity contribution >= 4 is 0 Å². The van der Waals surface area contributed by atoms with Gasteiger partial charge in [-0.1, -0.05) is 13.8 Å². The first-order valence-corrected chi connectivity index (χ1v) is 3.70. The van der Waals surface area contributed by atoms with Crippen molar-refractivity contribution in [2.75, 3.05) is 13.7 Å². The summed E-state index contributed by atoms with van der Waals surface area (Å²) in [6, 6.07) is 0. The van der Waals surface area contributed by atoms with E-state index in [0.717, 1.165) is 0 Å². The summed E-state index contributed by atoms with van der Waals surface area (Å²) in [5.74, 6) is 0.620. The largest absolute Gasteiger partial charge is 0.384 e. The highest BCUT2D eigenvalue weighted by molar-refractivity contribution is 5.00. The molecular weight excluding hydrogens is 158 g/mol. The van der Waals surface area contributed by atoms with Crippen LogP contribution >= 0.6 is 0 Å². The molecule has 0 spiro atoms. The number of ether oxygens (including phenoxy) is 1. The summed E-state index contributed by atoms with van der Waals surface area (Å²) in [6.07, 6.45) is 0. The molecule has 0 radical (unpaired) electrons. The molecule has 0 bridgehead atoms. The van der Waals surface area contributed by atoms with Gasteiger partial charge in [-0.3, -0.25) is 4.98 Å². The molecule has 68 valence electrons. The monoisotopic (exact) mass is 171 g/mol. The summed E-state index contributed by atoms with van der Waals surface area (Å²) in [7, 11) is 1.62. The zero-order valence-electron chi connectivity index (χ0n) is 7.47. The van der Waals surface area contributed by atoms with Crippen molar-refractivity contribution in [3.05, 3.63) is 16.3 Å². The lowest BCUT2D eigenvalue weighted by atomic mass is 9.94. The van der Waals surface area contributed by atoms with E-state index in [1.807, 2.05) is 13.8 Å². The first-order valence-electron chi connectivity index (χ1n) is 3.70. The molecule has 0 aliphatic rings. The van der Waals surface area contributed by atoms with Gasteiger partial charge in [-0.15, -0.1) is 0 Å². The van der Waals surface area contributed by atoms with E-state index in [-0.39, 0.29) is 11.1 Å². The first kappa shape index (κ1) is 8.99. The molecule has 1 aromatic heterocycles. The molecule has 1 heterocycles. The predicted octanol–water partition coefficient (Wildman–Crippen LogP) is 0.0220. The molecule has 0 aliphatic heterocycles. The van der Waals surface area contributed by atoms with Crippen LogP contribution in [0.25, 0.3) is 0 Å². The zero-order valence-corrected chi connectivity index (χ0v) is 7.47. The van der Waals surface area contributed by atoms with Crippen LogP contribution in [0.5, 0.6) is 0 Å². The lowest BCUT2D eigenvalue weighted by molar-refractivity contribution is 0.142. The third-order valence-electron chi connectivity index (χ3n) is 1.65. The average Bonchev–Trinajstić information content (AvgIpc) is 2.36. The molecule has 0 aromatic carbocycles. The van der Waals surface area contributed by atoms with E-state index in [2.05, 4.69) is 15.2 Å². The van der Waals surface area contributed by atoms with Crippen molar-refractivity contribution in [2.45, 2.75) is 19.3 Å². The number of aromatic amines is 2. The Labute approximate surface area is 70.1 Å². The number of methoxy groups -OCH3 is 1. The summed E-state index contributed by atoms with van der Waals surface area (Å²) in [5, 5.41) is 6.15. The molecule has 0 atom stereocenters. The Balaban J connectivity index is 2.88. The summed E-state index contributed by atoms with van der Waals surface area (Å²) in [4.78, 5) is 13.3. The molecular formula is C7H13N3O2. The van der Waals surface area contributed by atoms with Crippen molar-refractivity contribution in [1.29, 1.82) is 0 Å². The molecule has 0 fully saturated rings. The second-order valence-electron chi connectivity index (χ2n) is 3.34. The molecule has 2 N–H and O–H groups in total. The number of hydrogen-bond acceptors (Lipinski definition) is 3. The Morgan fingerprint density at radius 3 is 2.67 bits per heavy atom. The quantitative estimate of drug-likeness (QED) is 0.673. The summed E-state index contributed by atoms with van der Waals surface area (Å²) < 4.78 is 4.99. The lowest BCUT2D eigenvalue weighted by Crippen LogP contribution is -2.25. The van der Waals surface area contributed by atoms with Gasteiger partial charge >= 0.3 is 5.69 Å². The van der Waals surface area contributed by atoms with Crippen LogP contribution in [0.4, 0.5) is 0 Å². The Bertz CT molecular complexity index is 300. The average molecular weight is 171 g/mol. The summed E-state index contributed by atoms with van der Waals surface area (Å²) in [5.41, 5.74) is -0.539. The maximum Gasteiger partial charge on any atom is 0.340 e. The molecule has 0 saturated heterocycles. The van der Waals surface area contributed by atoms with Crippen LogP contribution in [0.15, 0.2) is 4.79 Å². The van der Waals surface area contributed by atoms with Crippen LogP contribution in [0.3, 0.4) is 0 Å². The lowest BCUT2D eigenvalue weighted by Gasteiger charge is -2.19. The third kappa shape index (κ3) is 1.73. The van der Waals surface area contributed by atoms with Gasteiger partial charge in [0.15, 0.2) is 0 Å². The van der Waals surface area contributed by atoms with Crippen molar-refractivity contribution in [3.63, 3.8) is 0 Å². The van der Waals surface area contributed by atoms with Crippen molar-refractivity contribution in [1.82, 2.24) is 15.2 Å². The van der Waals surface area contributed by atoms with Gasteiger partial charge in [0.1, 0.15) is 5.82 Å². The van der Waals surface area contributed by atoms with E-state index in [4.69, 9.17) is 4.74 Å². The van der Waals surface area contributed by atoms with E-state index in [9.17, 15) is 4.79 Å². The van der Waals surface area contributed by atoms with Gasteiger partial charge in [0.2, 0.25) is 0 Å². The Morgan fingerprint density at radius 1 is 1.58 bits per heavy atom. The highest BCUT2D eigenvalue weighted by atomic mass is 16.5. The van der Waals surface area contributed by atoms with Gasteiger partial charge in [-0.25, -0.2) is 9.89 Å². The molecule has 0 unspecified atom stereocenters.